The van der Waals surface area contributed by atoms with E-state index < -0.39 is 0 Å². The number of hydrogen-bond donors (Lipinski definition) is 1. The minimum atomic E-state index is 0.550. The zero-order valence-corrected chi connectivity index (χ0v) is 11.7. The van der Waals surface area contributed by atoms with E-state index in [1.54, 1.807) is 0 Å². The molecular weight excluding hydrogens is 250 g/mol. The van der Waals surface area contributed by atoms with Gasteiger partial charge in [0.25, 0.3) is 0 Å². The molecular formula is C15H21N5. The number of likely N-dealkylation sites (tertiary alicyclic amines) is 1. The van der Waals surface area contributed by atoms with Crippen LogP contribution >= 0.6 is 0 Å². The molecule has 0 spiro atoms. The third-order valence-electron chi connectivity index (χ3n) is 3.87. The summed E-state index contributed by atoms with van der Waals surface area (Å²) in [5.74, 6) is 0.550. The topological polar surface area (TPSA) is 60.0 Å². The van der Waals surface area contributed by atoms with Gasteiger partial charge in [0.15, 0.2) is 0 Å². The summed E-state index contributed by atoms with van der Waals surface area (Å²) in [6.45, 7) is 4.70. The Kier molecular flexibility index (Phi) is 3.97. The van der Waals surface area contributed by atoms with Gasteiger partial charge < -0.3 is 15.2 Å². The standard InChI is InChI=1S/C15H21N5/c16-15-5-4-13(10-18-15)14-11-17-12-20(14)9-3-8-19-6-1-2-7-19/h4-5,10-12H,1-3,6-9H2,(H2,16,18). The molecule has 3 heterocycles. The maximum atomic E-state index is 5.63. The van der Waals surface area contributed by atoms with E-state index in [1.165, 1.54) is 32.5 Å². The summed E-state index contributed by atoms with van der Waals surface area (Å²) >= 11 is 0. The number of aryl methyl sites for hydroxylation is 1. The molecule has 2 aromatic heterocycles. The van der Waals surface area contributed by atoms with Crippen LogP contribution in [0.4, 0.5) is 5.82 Å². The first kappa shape index (κ1) is 13.1. The van der Waals surface area contributed by atoms with Gasteiger partial charge in [-0.2, -0.15) is 0 Å². The fraction of sp³-hybridized carbons (Fsp3) is 0.467. The summed E-state index contributed by atoms with van der Waals surface area (Å²) in [6.07, 6.45) is 9.47. The van der Waals surface area contributed by atoms with Crippen molar-refractivity contribution in [3.8, 4) is 11.3 Å². The number of nitrogen functional groups attached to an aromatic ring is 1. The molecule has 0 aromatic carbocycles. The first-order valence-corrected chi connectivity index (χ1v) is 7.27. The molecule has 0 radical (unpaired) electrons. The van der Waals surface area contributed by atoms with Crippen LogP contribution in [-0.2, 0) is 6.54 Å². The van der Waals surface area contributed by atoms with Crippen molar-refractivity contribution in [2.45, 2.75) is 25.8 Å². The predicted octanol–water partition coefficient (Wildman–Crippen LogP) is 2.01. The number of nitrogens with two attached hydrogens (primary N) is 1. The number of aromatic nitrogens is 3. The van der Waals surface area contributed by atoms with E-state index in [2.05, 4.69) is 19.4 Å². The molecule has 0 bridgehead atoms. The van der Waals surface area contributed by atoms with Crippen molar-refractivity contribution in [1.82, 2.24) is 19.4 Å². The Labute approximate surface area is 119 Å². The van der Waals surface area contributed by atoms with Crippen molar-refractivity contribution >= 4 is 5.82 Å². The molecule has 0 atom stereocenters. The van der Waals surface area contributed by atoms with E-state index >= 15 is 0 Å². The Balaban J connectivity index is 1.62. The zero-order chi connectivity index (χ0) is 13.8. The van der Waals surface area contributed by atoms with Crippen molar-refractivity contribution < 1.29 is 0 Å². The largest absolute Gasteiger partial charge is 0.384 e. The van der Waals surface area contributed by atoms with Crippen LogP contribution in [0.15, 0.2) is 30.9 Å². The second-order valence-corrected chi connectivity index (χ2v) is 5.35. The van der Waals surface area contributed by atoms with Crippen LogP contribution in [0.1, 0.15) is 19.3 Å². The van der Waals surface area contributed by atoms with Gasteiger partial charge in [0.2, 0.25) is 0 Å². The molecule has 5 heteroatoms. The Morgan fingerprint density at radius 2 is 1.95 bits per heavy atom. The van der Waals surface area contributed by atoms with Gasteiger partial charge in [-0.25, -0.2) is 9.97 Å². The first-order valence-electron chi connectivity index (χ1n) is 7.27. The lowest BCUT2D eigenvalue weighted by Gasteiger charge is -2.15. The SMILES string of the molecule is Nc1ccc(-c2cncn2CCCN2CCCC2)cn1. The maximum Gasteiger partial charge on any atom is 0.123 e. The van der Waals surface area contributed by atoms with Crippen molar-refractivity contribution in [2.75, 3.05) is 25.4 Å². The molecule has 2 N–H and O–H groups in total. The highest BCUT2D eigenvalue weighted by Crippen LogP contribution is 2.19. The lowest BCUT2D eigenvalue weighted by Crippen LogP contribution is -2.21. The molecule has 3 rings (SSSR count). The third kappa shape index (κ3) is 2.99. The number of imidazole rings is 1. The normalized spacial score (nSPS) is 15.8. The molecule has 0 saturated carbocycles. The van der Waals surface area contributed by atoms with Crippen molar-refractivity contribution in [1.29, 1.82) is 0 Å². The van der Waals surface area contributed by atoms with Crippen LogP contribution < -0.4 is 5.73 Å². The Morgan fingerprint density at radius 3 is 2.70 bits per heavy atom. The van der Waals surface area contributed by atoms with Gasteiger partial charge in [-0.1, -0.05) is 0 Å². The van der Waals surface area contributed by atoms with Crippen LogP contribution in [0.3, 0.4) is 0 Å². The van der Waals surface area contributed by atoms with E-state index in [0.717, 1.165) is 24.2 Å². The summed E-state index contributed by atoms with van der Waals surface area (Å²) in [6, 6.07) is 3.83. The van der Waals surface area contributed by atoms with Gasteiger partial charge in [0.05, 0.1) is 18.2 Å². The molecule has 1 aliphatic rings. The van der Waals surface area contributed by atoms with Crippen LogP contribution in [-0.4, -0.2) is 39.1 Å². The predicted molar refractivity (Wildman–Crippen MR) is 80.2 cm³/mol. The lowest BCUT2D eigenvalue weighted by molar-refractivity contribution is 0.325. The number of pyridine rings is 1. The molecule has 1 saturated heterocycles. The summed E-state index contributed by atoms with van der Waals surface area (Å²) in [5.41, 5.74) is 7.81. The molecule has 0 aliphatic carbocycles. The van der Waals surface area contributed by atoms with E-state index in [1.807, 2.05) is 30.9 Å². The molecule has 106 valence electrons. The van der Waals surface area contributed by atoms with Crippen LogP contribution in [0, 0.1) is 0 Å². The summed E-state index contributed by atoms with van der Waals surface area (Å²) in [7, 11) is 0. The first-order chi connectivity index (χ1) is 9.83. The highest BCUT2D eigenvalue weighted by atomic mass is 15.1. The maximum absolute atomic E-state index is 5.63. The van der Waals surface area contributed by atoms with Crippen LogP contribution in [0.25, 0.3) is 11.3 Å². The van der Waals surface area contributed by atoms with Gasteiger partial charge >= 0.3 is 0 Å². The van der Waals surface area contributed by atoms with Crippen LogP contribution in [0.2, 0.25) is 0 Å². The van der Waals surface area contributed by atoms with Gasteiger partial charge in [-0.3, -0.25) is 0 Å². The fourth-order valence-corrected chi connectivity index (χ4v) is 2.77. The molecule has 2 aromatic rings. The monoisotopic (exact) mass is 271 g/mol. The van der Waals surface area contributed by atoms with Gasteiger partial charge in [0.1, 0.15) is 5.82 Å². The number of anilines is 1. The Morgan fingerprint density at radius 1 is 1.10 bits per heavy atom. The van der Waals surface area contributed by atoms with E-state index in [9.17, 15) is 0 Å². The number of nitrogens with zero attached hydrogens (tertiary/aromatic N) is 4. The molecule has 0 amide bonds. The molecule has 20 heavy (non-hydrogen) atoms. The molecule has 0 unspecified atom stereocenters. The summed E-state index contributed by atoms with van der Waals surface area (Å²) in [4.78, 5) is 11.0. The van der Waals surface area contributed by atoms with Crippen molar-refractivity contribution in [2.24, 2.45) is 0 Å². The van der Waals surface area contributed by atoms with E-state index in [0.29, 0.717) is 5.82 Å². The minimum Gasteiger partial charge on any atom is -0.384 e. The molecule has 5 nitrogen and oxygen atoms in total. The van der Waals surface area contributed by atoms with Crippen molar-refractivity contribution in [3.63, 3.8) is 0 Å². The van der Waals surface area contributed by atoms with E-state index in [-0.39, 0.29) is 0 Å². The number of hydrogen-bond acceptors (Lipinski definition) is 4. The average Bonchev–Trinajstić information content (AvgIpc) is 3.11. The van der Waals surface area contributed by atoms with E-state index in [4.69, 9.17) is 5.73 Å². The highest BCUT2D eigenvalue weighted by Gasteiger charge is 2.11. The second-order valence-electron chi connectivity index (χ2n) is 5.35. The average molecular weight is 271 g/mol. The molecule has 1 aliphatic heterocycles. The fourth-order valence-electron chi connectivity index (χ4n) is 2.77. The van der Waals surface area contributed by atoms with Crippen molar-refractivity contribution in [3.05, 3.63) is 30.9 Å². The lowest BCUT2D eigenvalue weighted by atomic mass is 10.2. The van der Waals surface area contributed by atoms with Crippen LogP contribution in [0.5, 0.6) is 0 Å². The van der Waals surface area contributed by atoms with Gasteiger partial charge in [0, 0.05) is 18.3 Å². The number of rotatable bonds is 5. The summed E-state index contributed by atoms with van der Waals surface area (Å²) in [5, 5.41) is 0. The highest BCUT2D eigenvalue weighted by molar-refractivity contribution is 5.59. The smallest absolute Gasteiger partial charge is 0.123 e. The van der Waals surface area contributed by atoms with Gasteiger partial charge in [-0.15, -0.1) is 0 Å². The molecule has 1 fully saturated rings. The third-order valence-corrected chi connectivity index (χ3v) is 3.87. The zero-order valence-electron chi connectivity index (χ0n) is 11.7. The minimum absolute atomic E-state index is 0.550. The van der Waals surface area contributed by atoms with Gasteiger partial charge in [-0.05, 0) is 51.0 Å². The second kappa shape index (κ2) is 6.05. The quantitative estimate of drug-likeness (QED) is 0.903. The summed E-state index contributed by atoms with van der Waals surface area (Å²) < 4.78 is 2.20. The Hall–Kier alpha value is -1.88. The Bertz CT molecular complexity index is 540.